The zero-order chi connectivity index (χ0) is 9.42. The van der Waals surface area contributed by atoms with Crippen LogP contribution in [0.3, 0.4) is 0 Å². The van der Waals surface area contributed by atoms with E-state index in [1.165, 1.54) is 0 Å². The summed E-state index contributed by atoms with van der Waals surface area (Å²) < 4.78 is 0. The molecule has 0 bridgehead atoms. The van der Waals surface area contributed by atoms with E-state index in [4.69, 9.17) is 0 Å². The Morgan fingerprint density at radius 1 is 1.07 bits per heavy atom. The van der Waals surface area contributed by atoms with E-state index in [1.54, 1.807) is 6.07 Å². The zero-order valence-corrected chi connectivity index (χ0v) is 10.5. The second-order valence-corrected chi connectivity index (χ2v) is 2.96. The molecule has 0 unspecified atom stereocenters. The Morgan fingerprint density at radius 2 is 1.64 bits per heavy atom. The number of rotatable bonds is 0. The van der Waals surface area contributed by atoms with Gasteiger partial charge in [0, 0.05) is 32.7 Å². The molecule has 3 heteroatoms. The number of hydrogen-bond acceptors (Lipinski definition) is 1. The molecule has 0 saturated carbocycles. The molecule has 2 aromatic rings. The number of nitrogens with one attached hydrogen (secondary N) is 1. The van der Waals surface area contributed by atoms with Gasteiger partial charge in [-0.3, -0.25) is 18.6 Å². The molecular weight excluding hydrogens is 251 g/mol. The molecule has 1 N–H and O–H groups in total. The molecular formula is C11H9NOY-2. The third-order valence-electron chi connectivity index (χ3n) is 2.13. The summed E-state index contributed by atoms with van der Waals surface area (Å²) >= 11 is 0. The number of fused-ring (bicyclic) bond motifs is 1. The van der Waals surface area contributed by atoms with Crippen molar-refractivity contribution in [2.24, 2.45) is 0 Å². The first-order chi connectivity index (χ1) is 6.20. The minimum atomic E-state index is -0.104. The second-order valence-electron chi connectivity index (χ2n) is 2.96. The molecule has 1 heterocycles. The fourth-order valence-electron chi connectivity index (χ4n) is 1.39. The number of pyridine rings is 1. The fraction of sp³-hybridized carbons (Fsp3) is 0. The van der Waals surface area contributed by atoms with E-state index < -0.39 is 0 Å². The first kappa shape index (κ1) is 11.3. The Bertz CT molecular complexity index is 516. The molecule has 1 radical (unpaired) electrons. The minimum absolute atomic E-state index is 0. The average molecular weight is 260 g/mol. The Hall–Kier alpha value is -0.726. The third-order valence-corrected chi connectivity index (χ3v) is 2.13. The van der Waals surface area contributed by atoms with E-state index in [-0.39, 0.29) is 38.3 Å². The molecule has 69 valence electrons. The van der Waals surface area contributed by atoms with Crippen LogP contribution in [0, 0.1) is 13.8 Å². The SMILES string of the molecule is [CH2-]c1[nH]c(=O)c2ccccc2c1[CH2-].[Y]. The van der Waals surface area contributed by atoms with E-state index in [1.807, 2.05) is 18.2 Å². The van der Waals surface area contributed by atoms with Crippen molar-refractivity contribution in [2.45, 2.75) is 0 Å². The predicted molar refractivity (Wildman–Crippen MR) is 53.5 cm³/mol. The first-order valence-corrected chi connectivity index (χ1v) is 3.99. The molecule has 2 rings (SSSR count). The molecule has 0 amide bonds. The summed E-state index contributed by atoms with van der Waals surface area (Å²) in [7, 11) is 0. The van der Waals surface area contributed by atoms with Crippen LogP contribution < -0.4 is 5.56 Å². The normalized spacial score (nSPS) is 9.71. The molecule has 0 saturated heterocycles. The van der Waals surface area contributed by atoms with Gasteiger partial charge in [0.2, 0.25) is 5.56 Å². The van der Waals surface area contributed by atoms with E-state index in [0.29, 0.717) is 11.1 Å². The van der Waals surface area contributed by atoms with Crippen LogP contribution in [0.1, 0.15) is 11.3 Å². The Labute approximate surface area is 108 Å². The molecule has 1 aromatic carbocycles. The third kappa shape index (κ3) is 1.72. The van der Waals surface area contributed by atoms with Crippen LogP contribution in [0.4, 0.5) is 0 Å². The van der Waals surface area contributed by atoms with E-state index in [9.17, 15) is 4.79 Å². The van der Waals surface area contributed by atoms with Gasteiger partial charge in [0.15, 0.2) is 0 Å². The molecule has 0 aliphatic heterocycles. The number of benzene rings is 1. The topological polar surface area (TPSA) is 32.9 Å². The monoisotopic (exact) mass is 260 g/mol. The van der Waals surface area contributed by atoms with Crippen molar-refractivity contribution < 1.29 is 32.7 Å². The Kier molecular flexibility index (Phi) is 3.40. The molecule has 2 nitrogen and oxygen atoms in total. The molecule has 0 aliphatic rings. The quantitative estimate of drug-likeness (QED) is 0.721. The van der Waals surface area contributed by atoms with Gasteiger partial charge in [-0.15, -0.1) is 6.07 Å². The van der Waals surface area contributed by atoms with Crippen LogP contribution in [-0.2, 0) is 32.7 Å². The maximum Gasteiger partial charge on any atom is 0.229 e. The molecule has 1 aromatic heterocycles. The standard InChI is InChI=1S/C11H9NO.Y/c1-7-8(2)12-11(13)10-6-4-3-5-9(7)10;/h3-6H,1-2H2,(H,12,13);/q-2;. The van der Waals surface area contributed by atoms with Crippen LogP contribution >= 0.6 is 0 Å². The van der Waals surface area contributed by atoms with Crippen molar-refractivity contribution in [3.8, 4) is 0 Å². The summed E-state index contributed by atoms with van der Waals surface area (Å²) in [6, 6.07) is 7.37. The number of H-pyrrole nitrogens is 1. The molecule has 0 aliphatic carbocycles. The summed E-state index contributed by atoms with van der Waals surface area (Å²) in [5.74, 6) is 0. The second kappa shape index (κ2) is 4.20. The van der Waals surface area contributed by atoms with Crippen molar-refractivity contribution in [3.63, 3.8) is 0 Å². The summed E-state index contributed by atoms with van der Waals surface area (Å²) in [5.41, 5.74) is 1.27. The van der Waals surface area contributed by atoms with Gasteiger partial charge < -0.3 is 10.5 Å². The summed E-state index contributed by atoms with van der Waals surface area (Å²) in [5, 5.41) is 1.54. The van der Waals surface area contributed by atoms with Gasteiger partial charge in [-0.25, -0.2) is 5.69 Å². The Morgan fingerprint density at radius 3 is 2.29 bits per heavy atom. The van der Waals surface area contributed by atoms with Crippen molar-refractivity contribution >= 4 is 10.8 Å². The van der Waals surface area contributed by atoms with Gasteiger partial charge in [0.1, 0.15) is 0 Å². The van der Waals surface area contributed by atoms with Crippen LogP contribution in [0.2, 0.25) is 0 Å². The zero-order valence-electron chi connectivity index (χ0n) is 7.71. The smallest absolute Gasteiger partial charge is 0.229 e. The van der Waals surface area contributed by atoms with Crippen LogP contribution in [-0.4, -0.2) is 4.98 Å². The van der Waals surface area contributed by atoms with E-state index in [2.05, 4.69) is 18.8 Å². The van der Waals surface area contributed by atoms with Crippen molar-refractivity contribution in [3.05, 3.63) is 59.7 Å². The van der Waals surface area contributed by atoms with Crippen molar-refractivity contribution in [1.82, 2.24) is 4.98 Å². The van der Waals surface area contributed by atoms with Crippen molar-refractivity contribution in [2.75, 3.05) is 0 Å². The number of aromatic nitrogens is 1. The maximum absolute atomic E-state index is 11.4. The summed E-state index contributed by atoms with van der Waals surface area (Å²) in [4.78, 5) is 14.1. The van der Waals surface area contributed by atoms with Crippen LogP contribution in [0.25, 0.3) is 10.8 Å². The molecule has 0 atom stereocenters. The van der Waals surface area contributed by atoms with E-state index in [0.717, 1.165) is 10.9 Å². The number of hydrogen-bond donors (Lipinski definition) is 1. The van der Waals surface area contributed by atoms with E-state index >= 15 is 0 Å². The largest absolute Gasteiger partial charge is 0.410 e. The van der Waals surface area contributed by atoms with Gasteiger partial charge >= 0.3 is 0 Å². The molecule has 0 fully saturated rings. The van der Waals surface area contributed by atoms with Gasteiger partial charge in [-0.05, 0) is 5.39 Å². The summed E-state index contributed by atoms with van der Waals surface area (Å²) in [6.07, 6.45) is 0. The van der Waals surface area contributed by atoms with Crippen molar-refractivity contribution in [1.29, 1.82) is 0 Å². The van der Waals surface area contributed by atoms with Crippen LogP contribution in [0.5, 0.6) is 0 Å². The maximum atomic E-state index is 11.4. The predicted octanol–water partition coefficient (Wildman–Crippen LogP) is 1.89. The summed E-state index contributed by atoms with van der Waals surface area (Å²) in [6.45, 7) is 7.57. The average Bonchev–Trinajstić information content (AvgIpc) is 2.15. The van der Waals surface area contributed by atoms with Crippen LogP contribution in [0.15, 0.2) is 29.1 Å². The fourth-order valence-corrected chi connectivity index (χ4v) is 1.39. The van der Waals surface area contributed by atoms with Gasteiger partial charge in [-0.1, -0.05) is 18.2 Å². The number of aromatic amines is 1. The van der Waals surface area contributed by atoms with Gasteiger partial charge in [-0.2, -0.15) is 5.39 Å². The molecule has 0 spiro atoms. The Balaban J connectivity index is 0.000000980. The first-order valence-electron chi connectivity index (χ1n) is 3.99. The van der Waals surface area contributed by atoms with Gasteiger partial charge in [0.25, 0.3) is 0 Å². The van der Waals surface area contributed by atoms with Gasteiger partial charge in [0.05, 0.1) is 0 Å². The molecule has 14 heavy (non-hydrogen) atoms. The minimum Gasteiger partial charge on any atom is -0.410 e.